The van der Waals surface area contributed by atoms with Crippen LogP contribution in [0.2, 0.25) is 0 Å². The van der Waals surface area contributed by atoms with Crippen LogP contribution in [0.3, 0.4) is 0 Å². The monoisotopic (exact) mass is 412 g/mol. The number of hydrogen-bond donors (Lipinski definition) is 1. The molecule has 0 aliphatic carbocycles. The molecule has 2 aromatic heterocycles. The lowest BCUT2D eigenvalue weighted by Gasteiger charge is -2.08. The van der Waals surface area contributed by atoms with Gasteiger partial charge in [0.2, 0.25) is 0 Å². The van der Waals surface area contributed by atoms with Gasteiger partial charge in [0.1, 0.15) is 5.69 Å². The number of amides is 1. The molecule has 2 aromatic carbocycles. The number of methoxy groups -OCH3 is 1. The van der Waals surface area contributed by atoms with E-state index in [0.29, 0.717) is 22.5 Å². The number of nitrogens with zero attached hydrogens (tertiary/aromatic N) is 1. The number of benzene rings is 2. The van der Waals surface area contributed by atoms with Gasteiger partial charge in [-0.25, -0.2) is 4.79 Å². The molecule has 0 aliphatic rings. The van der Waals surface area contributed by atoms with E-state index in [2.05, 4.69) is 10.1 Å². The Balaban J connectivity index is 1.68. The Hall–Kier alpha value is -4.19. The van der Waals surface area contributed by atoms with Crippen LogP contribution in [0.4, 0.5) is 5.69 Å². The fourth-order valence-corrected chi connectivity index (χ4v) is 3.41. The maximum Gasteiger partial charge on any atom is 0.337 e. The molecule has 0 unspecified atom stereocenters. The molecular weight excluding hydrogens is 392 g/mol. The average molecular weight is 412 g/mol. The van der Waals surface area contributed by atoms with Crippen molar-refractivity contribution in [2.45, 2.75) is 6.92 Å². The zero-order chi connectivity index (χ0) is 22.0. The van der Waals surface area contributed by atoms with E-state index in [1.807, 2.05) is 55.5 Å². The molecule has 6 heteroatoms. The number of fused-ring (bicyclic) bond motifs is 1. The topological polar surface area (TPSA) is 76.9 Å². The van der Waals surface area contributed by atoms with Gasteiger partial charge in [0.15, 0.2) is 0 Å². The van der Waals surface area contributed by atoms with E-state index in [-0.39, 0.29) is 0 Å². The Labute approximate surface area is 179 Å². The Morgan fingerprint density at radius 1 is 0.903 bits per heavy atom. The summed E-state index contributed by atoms with van der Waals surface area (Å²) >= 11 is 0. The van der Waals surface area contributed by atoms with Crippen molar-refractivity contribution in [1.29, 1.82) is 0 Å². The number of rotatable bonds is 5. The number of aryl methyl sites for hydroxylation is 1. The summed E-state index contributed by atoms with van der Waals surface area (Å²) in [4.78, 5) is 37.6. The third-order valence-corrected chi connectivity index (χ3v) is 5.03. The van der Waals surface area contributed by atoms with E-state index in [1.165, 1.54) is 19.2 Å². The maximum atomic E-state index is 13.2. The first-order valence-corrected chi connectivity index (χ1v) is 9.69. The number of aromatic nitrogens is 1. The Kier molecular flexibility index (Phi) is 5.37. The third-order valence-electron chi connectivity index (χ3n) is 5.03. The quantitative estimate of drug-likeness (QED) is 0.297. The van der Waals surface area contributed by atoms with Crippen molar-refractivity contribution in [3.05, 3.63) is 95.8 Å². The van der Waals surface area contributed by atoms with Crippen LogP contribution in [-0.2, 0) is 9.53 Å². The number of hydrogen-bond acceptors (Lipinski definition) is 4. The highest BCUT2D eigenvalue weighted by Crippen LogP contribution is 2.29. The minimum atomic E-state index is -0.761. The Morgan fingerprint density at radius 3 is 2.29 bits per heavy atom. The summed E-state index contributed by atoms with van der Waals surface area (Å²) in [6.07, 6.45) is 1.76. The van der Waals surface area contributed by atoms with Gasteiger partial charge >= 0.3 is 5.97 Å². The van der Waals surface area contributed by atoms with Crippen molar-refractivity contribution in [3.8, 4) is 11.1 Å². The van der Waals surface area contributed by atoms with Crippen LogP contribution in [0.25, 0.3) is 16.6 Å². The number of ether oxygens (including phenoxy) is 1. The number of anilines is 1. The van der Waals surface area contributed by atoms with E-state index in [0.717, 1.165) is 16.6 Å². The molecule has 31 heavy (non-hydrogen) atoms. The van der Waals surface area contributed by atoms with Crippen molar-refractivity contribution < 1.29 is 19.1 Å². The van der Waals surface area contributed by atoms with E-state index in [1.54, 1.807) is 22.7 Å². The van der Waals surface area contributed by atoms with Crippen LogP contribution in [0, 0.1) is 6.92 Å². The summed E-state index contributed by atoms with van der Waals surface area (Å²) < 4.78 is 6.38. The van der Waals surface area contributed by atoms with Gasteiger partial charge in [0, 0.05) is 23.0 Å². The first-order chi connectivity index (χ1) is 15.0. The summed E-state index contributed by atoms with van der Waals surface area (Å²) in [6.45, 7) is 1.99. The van der Waals surface area contributed by atoms with Crippen LogP contribution < -0.4 is 5.32 Å². The minimum Gasteiger partial charge on any atom is -0.465 e. The lowest BCUT2D eigenvalue weighted by atomic mass is 10.0. The number of esters is 1. The van der Waals surface area contributed by atoms with Crippen molar-refractivity contribution in [3.63, 3.8) is 0 Å². The molecule has 0 fully saturated rings. The number of nitrogens with one attached hydrogen (secondary N) is 1. The van der Waals surface area contributed by atoms with E-state index < -0.39 is 17.7 Å². The van der Waals surface area contributed by atoms with Gasteiger partial charge < -0.3 is 14.5 Å². The normalized spacial score (nSPS) is 10.6. The van der Waals surface area contributed by atoms with Gasteiger partial charge in [-0.2, -0.15) is 0 Å². The van der Waals surface area contributed by atoms with Crippen molar-refractivity contribution in [2.24, 2.45) is 0 Å². The second kappa shape index (κ2) is 8.28. The number of Topliss-reactive ketones (excluding diaryl/α,β-unsaturated/α-hetero) is 1. The van der Waals surface area contributed by atoms with Crippen LogP contribution in [0.1, 0.15) is 26.4 Å². The highest BCUT2D eigenvalue weighted by atomic mass is 16.5. The zero-order valence-electron chi connectivity index (χ0n) is 17.1. The maximum absolute atomic E-state index is 13.2. The van der Waals surface area contributed by atoms with Gasteiger partial charge in [-0.1, -0.05) is 35.9 Å². The van der Waals surface area contributed by atoms with Crippen molar-refractivity contribution in [2.75, 3.05) is 12.4 Å². The molecule has 0 radical (unpaired) electrons. The smallest absolute Gasteiger partial charge is 0.337 e. The van der Waals surface area contributed by atoms with Gasteiger partial charge in [0.05, 0.1) is 12.7 Å². The van der Waals surface area contributed by atoms with Crippen LogP contribution in [-0.4, -0.2) is 29.2 Å². The molecule has 2 heterocycles. The van der Waals surface area contributed by atoms with E-state index in [4.69, 9.17) is 0 Å². The second-order valence-corrected chi connectivity index (χ2v) is 7.12. The first kappa shape index (κ1) is 20.1. The van der Waals surface area contributed by atoms with Crippen LogP contribution in [0.5, 0.6) is 0 Å². The summed E-state index contributed by atoms with van der Waals surface area (Å²) in [5.74, 6) is -1.89. The second-order valence-electron chi connectivity index (χ2n) is 7.12. The molecule has 154 valence electrons. The zero-order valence-corrected chi connectivity index (χ0v) is 17.1. The van der Waals surface area contributed by atoms with Gasteiger partial charge in [0.25, 0.3) is 11.7 Å². The fraction of sp³-hybridized carbons (Fsp3) is 0.0800. The molecule has 0 bridgehead atoms. The highest BCUT2D eigenvalue weighted by molar-refractivity contribution is 6.47. The Bertz CT molecular complexity index is 1290. The molecule has 0 atom stereocenters. The molecule has 0 aliphatic heterocycles. The lowest BCUT2D eigenvalue weighted by Crippen LogP contribution is -2.24. The van der Waals surface area contributed by atoms with E-state index >= 15 is 0 Å². The number of ketones is 1. The average Bonchev–Trinajstić information content (AvgIpc) is 3.18. The minimum absolute atomic E-state index is 0.295. The Morgan fingerprint density at radius 2 is 1.61 bits per heavy atom. The molecule has 1 N–H and O–H groups in total. The molecule has 6 nitrogen and oxygen atoms in total. The van der Waals surface area contributed by atoms with E-state index in [9.17, 15) is 14.4 Å². The van der Waals surface area contributed by atoms with Gasteiger partial charge in [-0.15, -0.1) is 0 Å². The predicted octanol–water partition coefficient (Wildman–Crippen LogP) is 4.52. The summed E-state index contributed by atoms with van der Waals surface area (Å²) in [7, 11) is 1.30. The molecule has 4 rings (SSSR count). The summed E-state index contributed by atoms with van der Waals surface area (Å²) in [5, 5.41) is 2.61. The highest BCUT2D eigenvalue weighted by Gasteiger charge is 2.25. The van der Waals surface area contributed by atoms with Crippen molar-refractivity contribution in [1.82, 2.24) is 4.40 Å². The van der Waals surface area contributed by atoms with Crippen LogP contribution >= 0.6 is 0 Å². The number of pyridine rings is 1. The first-order valence-electron chi connectivity index (χ1n) is 9.69. The summed E-state index contributed by atoms with van der Waals surface area (Å²) in [6, 6.07) is 21.4. The predicted molar refractivity (Wildman–Crippen MR) is 118 cm³/mol. The lowest BCUT2D eigenvalue weighted by molar-refractivity contribution is -0.112. The summed E-state index contributed by atoms with van der Waals surface area (Å²) in [5.41, 5.74) is 4.52. The van der Waals surface area contributed by atoms with Gasteiger partial charge in [-0.3, -0.25) is 9.59 Å². The molecule has 1 amide bonds. The molecule has 0 saturated heterocycles. The van der Waals surface area contributed by atoms with Gasteiger partial charge in [-0.05, 0) is 55.0 Å². The largest absolute Gasteiger partial charge is 0.465 e. The number of carbonyl (C=O) groups is 3. The molecule has 0 spiro atoms. The number of carbonyl (C=O) groups excluding carboxylic acids is 3. The molecule has 4 aromatic rings. The standard InChI is InChI=1S/C25H20N2O4/c1-16-6-8-17(9-7-16)21-15-20-5-3-4-14-27(20)22(21)23(28)24(29)26-19-12-10-18(11-13-19)25(30)31-2/h3-15H,1-2H3,(H,26,29). The molecular formula is C25H20N2O4. The fourth-order valence-electron chi connectivity index (χ4n) is 3.41. The molecule has 0 saturated carbocycles. The van der Waals surface area contributed by atoms with Crippen LogP contribution in [0.15, 0.2) is 79.0 Å². The SMILES string of the molecule is COC(=O)c1ccc(NC(=O)C(=O)c2c(-c3ccc(C)cc3)cc3ccccn23)cc1. The van der Waals surface area contributed by atoms with Crippen molar-refractivity contribution >= 4 is 28.9 Å². The third kappa shape index (κ3) is 3.96.